The lowest BCUT2D eigenvalue weighted by molar-refractivity contribution is 0.201. The van der Waals surface area contributed by atoms with Crippen LogP contribution < -0.4 is 5.73 Å². The lowest BCUT2D eigenvalue weighted by Gasteiger charge is -2.31. The van der Waals surface area contributed by atoms with Gasteiger partial charge in [0.1, 0.15) is 5.76 Å². The summed E-state index contributed by atoms with van der Waals surface area (Å²) in [6.07, 6.45) is 1.86. The van der Waals surface area contributed by atoms with Crippen molar-refractivity contribution in [3.63, 3.8) is 0 Å². The highest BCUT2D eigenvalue weighted by Gasteiger charge is 2.28. The molecule has 1 aromatic heterocycles. The van der Waals surface area contributed by atoms with Gasteiger partial charge >= 0.3 is 0 Å². The smallest absolute Gasteiger partial charge is 0.121 e. The summed E-state index contributed by atoms with van der Waals surface area (Å²) in [7, 11) is 0. The van der Waals surface area contributed by atoms with E-state index in [-0.39, 0.29) is 0 Å². The zero-order valence-electron chi connectivity index (χ0n) is 11.3. The fourth-order valence-electron chi connectivity index (χ4n) is 3.00. The van der Waals surface area contributed by atoms with E-state index in [1.54, 1.807) is 0 Å². The van der Waals surface area contributed by atoms with E-state index in [4.69, 9.17) is 10.2 Å². The zero-order valence-corrected chi connectivity index (χ0v) is 11.3. The van der Waals surface area contributed by atoms with Gasteiger partial charge in [0.15, 0.2) is 0 Å². The number of nitrogens with two attached hydrogens (primary N) is 1. The maximum Gasteiger partial charge on any atom is 0.121 e. The molecular weight excluding hydrogens is 236 g/mol. The Morgan fingerprint density at radius 2 is 2.11 bits per heavy atom. The normalized spacial score (nSPS) is 19.4. The summed E-state index contributed by atoms with van der Waals surface area (Å²) in [5.74, 6) is 1.49. The maximum absolute atomic E-state index is 5.93. The molecule has 0 fully saturated rings. The molecule has 0 radical (unpaired) electrons. The Labute approximate surface area is 114 Å². The van der Waals surface area contributed by atoms with Crippen LogP contribution in [0.25, 0.3) is 0 Å². The number of aryl methyl sites for hydroxylation is 1. The molecular formula is C16H20N2O. The van der Waals surface area contributed by atoms with Crippen molar-refractivity contribution in [2.24, 2.45) is 5.73 Å². The van der Waals surface area contributed by atoms with Gasteiger partial charge in [-0.05, 0) is 18.1 Å². The Balaban J connectivity index is 1.80. The van der Waals surface area contributed by atoms with Crippen molar-refractivity contribution in [2.45, 2.75) is 25.9 Å². The molecule has 1 aliphatic heterocycles. The number of hydrogen-bond acceptors (Lipinski definition) is 3. The summed E-state index contributed by atoms with van der Waals surface area (Å²) in [5, 5.41) is 0. The average Bonchev–Trinajstić information content (AvgIpc) is 2.81. The first kappa shape index (κ1) is 12.5. The molecule has 2 N–H and O–H groups in total. The van der Waals surface area contributed by atoms with Gasteiger partial charge < -0.3 is 10.2 Å². The van der Waals surface area contributed by atoms with Crippen LogP contribution in [0.3, 0.4) is 0 Å². The van der Waals surface area contributed by atoms with Crippen LogP contribution in [-0.2, 0) is 13.1 Å². The van der Waals surface area contributed by atoms with E-state index in [0.29, 0.717) is 12.5 Å². The van der Waals surface area contributed by atoms with E-state index in [1.807, 2.05) is 6.26 Å². The second-order valence-electron chi connectivity index (χ2n) is 5.34. The van der Waals surface area contributed by atoms with Gasteiger partial charge in [0.05, 0.1) is 12.8 Å². The van der Waals surface area contributed by atoms with Gasteiger partial charge in [-0.2, -0.15) is 0 Å². The lowest BCUT2D eigenvalue weighted by Crippen LogP contribution is -2.35. The van der Waals surface area contributed by atoms with Gasteiger partial charge in [0.25, 0.3) is 0 Å². The molecule has 1 atom stereocenters. The Bertz CT molecular complexity index is 547. The first-order valence-corrected chi connectivity index (χ1v) is 6.81. The number of fused-ring (bicyclic) bond motifs is 1. The number of nitrogens with zero attached hydrogens (tertiary/aromatic N) is 1. The molecule has 0 amide bonds. The van der Waals surface area contributed by atoms with Crippen LogP contribution in [0.5, 0.6) is 0 Å². The van der Waals surface area contributed by atoms with Crippen molar-refractivity contribution >= 4 is 0 Å². The lowest BCUT2D eigenvalue weighted by atomic mass is 9.92. The minimum Gasteiger partial charge on any atom is -0.467 e. The highest BCUT2D eigenvalue weighted by atomic mass is 16.3. The molecule has 1 aliphatic rings. The molecule has 100 valence electrons. The molecule has 0 bridgehead atoms. The van der Waals surface area contributed by atoms with Gasteiger partial charge in [-0.25, -0.2) is 0 Å². The van der Waals surface area contributed by atoms with Crippen LogP contribution in [0.1, 0.15) is 28.4 Å². The summed E-state index contributed by atoms with van der Waals surface area (Å²) in [4.78, 5) is 2.41. The second kappa shape index (κ2) is 5.19. The summed E-state index contributed by atoms with van der Waals surface area (Å²) >= 11 is 0. The van der Waals surface area contributed by atoms with Crippen LogP contribution in [0, 0.1) is 6.92 Å². The minimum absolute atomic E-state index is 0.395. The summed E-state index contributed by atoms with van der Waals surface area (Å²) in [5.41, 5.74) is 9.85. The van der Waals surface area contributed by atoms with Crippen LogP contribution in [0.15, 0.2) is 41.0 Å². The predicted octanol–water partition coefficient (Wildman–Crippen LogP) is 2.65. The van der Waals surface area contributed by atoms with E-state index in [9.17, 15) is 0 Å². The zero-order chi connectivity index (χ0) is 13.2. The van der Waals surface area contributed by atoms with Gasteiger partial charge in [-0.15, -0.1) is 0 Å². The molecule has 3 rings (SSSR count). The third kappa shape index (κ3) is 2.44. The molecule has 2 heterocycles. The fourth-order valence-corrected chi connectivity index (χ4v) is 3.00. The number of rotatable bonds is 3. The fraction of sp³-hybridized carbons (Fsp3) is 0.375. The molecule has 1 aromatic carbocycles. The highest BCUT2D eigenvalue weighted by molar-refractivity contribution is 5.33. The monoisotopic (exact) mass is 256 g/mol. The Kier molecular flexibility index (Phi) is 3.40. The highest BCUT2D eigenvalue weighted by Crippen LogP contribution is 2.32. The van der Waals surface area contributed by atoms with E-state index in [2.05, 4.69) is 42.2 Å². The molecule has 3 heteroatoms. The van der Waals surface area contributed by atoms with Gasteiger partial charge in [-0.1, -0.05) is 30.3 Å². The van der Waals surface area contributed by atoms with Gasteiger partial charge in [-0.3, -0.25) is 4.90 Å². The molecule has 0 saturated carbocycles. The van der Waals surface area contributed by atoms with Crippen LogP contribution in [0.2, 0.25) is 0 Å². The second-order valence-corrected chi connectivity index (χ2v) is 5.34. The third-order valence-corrected chi connectivity index (χ3v) is 3.89. The Hall–Kier alpha value is -1.58. The van der Waals surface area contributed by atoms with Crippen molar-refractivity contribution in [3.8, 4) is 0 Å². The standard InChI is InChI=1S/C16H20N2O/c1-12-11-19-15-10-18(9-14(7-17)16(12)15)8-13-5-3-2-4-6-13/h2-6,11,14H,7-10,17H2,1H3. The van der Waals surface area contributed by atoms with Crippen molar-refractivity contribution in [1.29, 1.82) is 0 Å². The van der Waals surface area contributed by atoms with Crippen molar-refractivity contribution < 1.29 is 4.42 Å². The average molecular weight is 256 g/mol. The largest absolute Gasteiger partial charge is 0.467 e. The number of hydrogen-bond donors (Lipinski definition) is 1. The van der Waals surface area contributed by atoms with Crippen molar-refractivity contribution in [2.75, 3.05) is 13.1 Å². The maximum atomic E-state index is 5.93. The quantitative estimate of drug-likeness (QED) is 0.918. The first-order chi connectivity index (χ1) is 9.28. The predicted molar refractivity (Wildman–Crippen MR) is 75.8 cm³/mol. The van der Waals surface area contributed by atoms with E-state index in [1.165, 1.54) is 16.7 Å². The topological polar surface area (TPSA) is 42.4 Å². The molecule has 19 heavy (non-hydrogen) atoms. The molecule has 0 spiro atoms. The number of benzene rings is 1. The Morgan fingerprint density at radius 1 is 1.32 bits per heavy atom. The molecule has 2 aromatic rings. The van der Waals surface area contributed by atoms with Crippen molar-refractivity contribution in [1.82, 2.24) is 4.90 Å². The van der Waals surface area contributed by atoms with Gasteiger partial charge in [0.2, 0.25) is 0 Å². The summed E-state index contributed by atoms with van der Waals surface area (Å²) in [6.45, 7) is 5.64. The van der Waals surface area contributed by atoms with E-state index < -0.39 is 0 Å². The van der Waals surface area contributed by atoms with E-state index in [0.717, 1.165) is 25.4 Å². The summed E-state index contributed by atoms with van der Waals surface area (Å²) < 4.78 is 5.69. The Morgan fingerprint density at radius 3 is 2.84 bits per heavy atom. The van der Waals surface area contributed by atoms with Crippen LogP contribution in [0.4, 0.5) is 0 Å². The van der Waals surface area contributed by atoms with Crippen LogP contribution in [-0.4, -0.2) is 18.0 Å². The molecule has 1 unspecified atom stereocenters. The molecule has 0 aliphatic carbocycles. The third-order valence-electron chi connectivity index (χ3n) is 3.89. The van der Waals surface area contributed by atoms with Gasteiger partial charge in [0, 0.05) is 31.1 Å². The van der Waals surface area contributed by atoms with Crippen molar-refractivity contribution in [3.05, 3.63) is 59.0 Å². The summed E-state index contributed by atoms with van der Waals surface area (Å²) in [6, 6.07) is 10.6. The molecule has 3 nitrogen and oxygen atoms in total. The SMILES string of the molecule is Cc1coc2c1C(CN)CN(Cc1ccccc1)C2. The van der Waals surface area contributed by atoms with Crippen LogP contribution >= 0.6 is 0 Å². The first-order valence-electron chi connectivity index (χ1n) is 6.81. The molecule has 0 saturated heterocycles. The number of furan rings is 1. The minimum atomic E-state index is 0.395. The van der Waals surface area contributed by atoms with E-state index >= 15 is 0 Å².